The molecule has 1 N–H and O–H groups in total. The number of piperidine rings is 1. The van der Waals surface area contributed by atoms with Gasteiger partial charge in [-0.25, -0.2) is 4.79 Å². The molecule has 3 rings (SSSR count). The smallest absolute Gasteiger partial charge is 0.328 e. The molecule has 7 heteroatoms. The summed E-state index contributed by atoms with van der Waals surface area (Å²) in [6, 6.07) is 5.88. The molecular weight excluding hydrogens is 312 g/mol. The number of nitrogens with zero attached hydrogens (tertiary/aromatic N) is 2. The van der Waals surface area contributed by atoms with Crippen molar-refractivity contribution in [2.75, 3.05) is 33.9 Å². The molecule has 0 saturated carbocycles. The zero-order valence-electron chi connectivity index (χ0n) is 13.9. The van der Waals surface area contributed by atoms with Crippen LogP contribution in [0.2, 0.25) is 0 Å². The van der Waals surface area contributed by atoms with E-state index in [-0.39, 0.29) is 12.5 Å². The zero-order valence-corrected chi connectivity index (χ0v) is 13.9. The van der Waals surface area contributed by atoms with Crippen molar-refractivity contribution in [3.8, 4) is 5.75 Å². The first kappa shape index (κ1) is 16.7. The molecule has 0 unspecified atom stereocenters. The van der Waals surface area contributed by atoms with E-state index in [4.69, 9.17) is 9.47 Å². The summed E-state index contributed by atoms with van der Waals surface area (Å²) in [5.74, 6) is -0.974. The van der Waals surface area contributed by atoms with Crippen molar-refractivity contribution < 1.29 is 24.2 Å². The molecule has 2 fully saturated rings. The Morgan fingerprint density at radius 2 is 1.96 bits per heavy atom. The Morgan fingerprint density at radius 3 is 2.58 bits per heavy atom. The Labute approximate surface area is 140 Å². The maximum absolute atomic E-state index is 13.2. The molecule has 0 aliphatic carbocycles. The van der Waals surface area contributed by atoms with E-state index >= 15 is 0 Å². The normalized spacial score (nSPS) is 23.4. The standard InChI is InChI=1S/C17H22N2O5/c1-18-9-7-17(8-10-18)19(13(11-24-17)16(21)22)15(20)12-5-3-4-6-14(12)23-2/h3-6,13H,7-11H2,1-2H3,(H,21,22)/t13-/m0/s1. The van der Waals surface area contributed by atoms with Crippen LogP contribution in [0.4, 0.5) is 0 Å². The van der Waals surface area contributed by atoms with Crippen molar-refractivity contribution in [2.24, 2.45) is 0 Å². The minimum absolute atomic E-state index is 0.0138. The van der Waals surface area contributed by atoms with Crippen LogP contribution in [0.5, 0.6) is 5.75 Å². The van der Waals surface area contributed by atoms with Gasteiger partial charge in [-0.15, -0.1) is 0 Å². The molecule has 0 bridgehead atoms. The van der Waals surface area contributed by atoms with Crippen LogP contribution in [0.3, 0.4) is 0 Å². The molecule has 24 heavy (non-hydrogen) atoms. The third-order valence-corrected chi connectivity index (χ3v) is 4.87. The number of hydrogen-bond donors (Lipinski definition) is 1. The third kappa shape index (κ3) is 2.74. The molecule has 1 atom stereocenters. The number of methoxy groups -OCH3 is 1. The topological polar surface area (TPSA) is 79.3 Å². The molecule has 0 aromatic heterocycles. The van der Waals surface area contributed by atoms with E-state index in [1.807, 2.05) is 7.05 Å². The summed E-state index contributed by atoms with van der Waals surface area (Å²) >= 11 is 0. The predicted octanol–water partition coefficient (Wildman–Crippen LogP) is 1.04. The van der Waals surface area contributed by atoms with E-state index in [0.29, 0.717) is 24.2 Å². The fourth-order valence-corrected chi connectivity index (χ4v) is 3.47. The number of benzene rings is 1. The lowest BCUT2D eigenvalue weighted by molar-refractivity contribution is -0.143. The Balaban J connectivity index is 1.99. The fraction of sp³-hybridized carbons (Fsp3) is 0.529. The molecule has 0 radical (unpaired) electrons. The lowest BCUT2D eigenvalue weighted by atomic mass is 9.97. The average Bonchev–Trinajstić information content (AvgIpc) is 2.96. The van der Waals surface area contributed by atoms with Crippen molar-refractivity contribution in [1.29, 1.82) is 0 Å². The van der Waals surface area contributed by atoms with E-state index in [9.17, 15) is 14.7 Å². The second kappa shape index (κ2) is 6.41. The number of amides is 1. The Kier molecular flexibility index (Phi) is 4.47. The molecule has 2 aliphatic rings. The molecule has 2 heterocycles. The van der Waals surface area contributed by atoms with Gasteiger partial charge in [0, 0.05) is 25.9 Å². The van der Waals surface area contributed by atoms with Gasteiger partial charge in [0.1, 0.15) is 11.5 Å². The van der Waals surface area contributed by atoms with Crippen LogP contribution >= 0.6 is 0 Å². The SMILES string of the molecule is COc1ccccc1C(=O)N1[C@H](C(=O)O)COC12CCN(C)CC2. The van der Waals surface area contributed by atoms with E-state index in [1.54, 1.807) is 24.3 Å². The summed E-state index contributed by atoms with van der Waals surface area (Å²) in [5.41, 5.74) is -0.497. The van der Waals surface area contributed by atoms with Crippen molar-refractivity contribution in [3.05, 3.63) is 29.8 Å². The summed E-state index contributed by atoms with van der Waals surface area (Å²) in [6.07, 6.45) is 1.18. The summed E-state index contributed by atoms with van der Waals surface area (Å²) in [5, 5.41) is 9.56. The fourth-order valence-electron chi connectivity index (χ4n) is 3.47. The summed E-state index contributed by atoms with van der Waals surface area (Å²) in [6.45, 7) is 1.52. The molecular formula is C17H22N2O5. The van der Waals surface area contributed by atoms with Crippen LogP contribution in [0.25, 0.3) is 0 Å². The zero-order chi connectivity index (χ0) is 17.3. The van der Waals surface area contributed by atoms with Crippen LogP contribution in [0.15, 0.2) is 24.3 Å². The highest BCUT2D eigenvalue weighted by Gasteiger charge is 2.54. The molecule has 130 valence electrons. The van der Waals surface area contributed by atoms with Crippen molar-refractivity contribution in [3.63, 3.8) is 0 Å². The lowest BCUT2D eigenvalue weighted by Crippen LogP contribution is -2.57. The van der Waals surface area contributed by atoms with Crippen LogP contribution in [-0.2, 0) is 9.53 Å². The first-order chi connectivity index (χ1) is 11.5. The number of rotatable bonds is 3. The summed E-state index contributed by atoms with van der Waals surface area (Å²) < 4.78 is 11.2. The van der Waals surface area contributed by atoms with Crippen molar-refractivity contribution in [1.82, 2.24) is 9.80 Å². The highest BCUT2D eigenvalue weighted by atomic mass is 16.5. The Morgan fingerprint density at radius 1 is 1.29 bits per heavy atom. The number of carboxylic acids is 1. The number of para-hydroxylation sites is 1. The monoisotopic (exact) mass is 334 g/mol. The Bertz CT molecular complexity index is 640. The van der Waals surface area contributed by atoms with Crippen LogP contribution in [0.1, 0.15) is 23.2 Å². The van der Waals surface area contributed by atoms with Gasteiger partial charge in [0.15, 0.2) is 6.04 Å². The number of hydrogen-bond acceptors (Lipinski definition) is 5. The van der Waals surface area contributed by atoms with Gasteiger partial charge >= 0.3 is 5.97 Å². The highest BCUT2D eigenvalue weighted by Crippen LogP contribution is 2.39. The molecule has 2 aliphatic heterocycles. The molecule has 1 aromatic carbocycles. The number of carbonyl (C=O) groups is 2. The van der Waals surface area contributed by atoms with E-state index < -0.39 is 17.7 Å². The quantitative estimate of drug-likeness (QED) is 0.890. The van der Waals surface area contributed by atoms with E-state index in [1.165, 1.54) is 12.0 Å². The summed E-state index contributed by atoms with van der Waals surface area (Å²) in [7, 11) is 3.50. The number of ether oxygens (including phenoxy) is 2. The minimum atomic E-state index is -1.05. The Hall–Kier alpha value is -2.12. The van der Waals surface area contributed by atoms with E-state index in [0.717, 1.165) is 13.1 Å². The first-order valence-corrected chi connectivity index (χ1v) is 8.00. The van der Waals surface area contributed by atoms with E-state index in [2.05, 4.69) is 4.90 Å². The van der Waals surface area contributed by atoms with Gasteiger partial charge in [0.05, 0.1) is 19.3 Å². The van der Waals surface area contributed by atoms with Crippen molar-refractivity contribution >= 4 is 11.9 Å². The lowest BCUT2D eigenvalue weighted by Gasteiger charge is -2.43. The van der Waals surface area contributed by atoms with Gasteiger partial charge < -0.3 is 19.5 Å². The van der Waals surface area contributed by atoms with Gasteiger partial charge in [-0.05, 0) is 19.2 Å². The number of likely N-dealkylation sites (tertiary alicyclic amines) is 1. The maximum Gasteiger partial charge on any atom is 0.328 e. The molecule has 1 spiro atoms. The minimum Gasteiger partial charge on any atom is -0.496 e. The maximum atomic E-state index is 13.2. The average molecular weight is 334 g/mol. The van der Waals surface area contributed by atoms with Crippen LogP contribution in [0, 0.1) is 0 Å². The van der Waals surface area contributed by atoms with Gasteiger partial charge in [-0.1, -0.05) is 12.1 Å². The highest BCUT2D eigenvalue weighted by molar-refractivity contribution is 5.99. The van der Waals surface area contributed by atoms with Crippen molar-refractivity contribution in [2.45, 2.75) is 24.6 Å². The van der Waals surface area contributed by atoms with Gasteiger partial charge in [0.2, 0.25) is 0 Å². The van der Waals surface area contributed by atoms with Gasteiger partial charge in [-0.3, -0.25) is 9.69 Å². The predicted molar refractivity (Wildman–Crippen MR) is 86.0 cm³/mol. The number of carboxylic acid groups (broad SMARTS) is 1. The number of aliphatic carboxylic acids is 1. The second-order valence-corrected chi connectivity index (χ2v) is 6.29. The molecule has 2 saturated heterocycles. The van der Waals surface area contributed by atoms with Crippen LogP contribution < -0.4 is 4.74 Å². The first-order valence-electron chi connectivity index (χ1n) is 8.00. The van der Waals surface area contributed by atoms with Crippen LogP contribution in [-0.4, -0.2) is 72.4 Å². The number of carbonyl (C=O) groups excluding carboxylic acids is 1. The largest absolute Gasteiger partial charge is 0.496 e. The third-order valence-electron chi connectivity index (χ3n) is 4.87. The van der Waals surface area contributed by atoms with Gasteiger partial charge in [-0.2, -0.15) is 0 Å². The van der Waals surface area contributed by atoms with Gasteiger partial charge in [0.25, 0.3) is 5.91 Å². The summed E-state index contributed by atoms with van der Waals surface area (Å²) in [4.78, 5) is 28.4. The second-order valence-electron chi connectivity index (χ2n) is 6.29. The molecule has 7 nitrogen and oxygen atoms in total. The molecule has 1 amide bonds. The molecule has 1 aromatic rings.